The third kappa shape index (κ3) is 2.80. The Labute approximate surface area is 132 Å². The molecule has 0 saturated heterocycles. The molecule has 0 aliphatic carbocycles. The second kappa shape index (κ2) is 5.91. The Morgan fingerprint density at radius 2 is 1.18 bits per heavy atom. The van der Waals surface area contributed by atoms with E-state index in [0.717, 1.165) is 16.7 Å². The van der Waals surface area contributed by atoms with Gasteiger partial charge in [-0.25, -0.2) is 0 Å². The second-order valence-corrected chi connectivity index (χ2v) is 5.58. The molecule has 22 heavy (non-hydrogen) atoms. The summed E-state index contributed by atoms with van der Waals surface area (Å²) in [6, 6.07) is 25.3. The topological polar surface area (TPSA) is 23.8 Å². The fourth-order valence-electron chi connectivity index (χ4n) is 2.57. The summed E-state index contributed by atoms with van der Waals surface area (Å²) in [6.07, 6.45) is 0. The SMILES string of the molecule is Bc1ccc(-c2ccc(-c3ccc(C#N)c(C)c3)cc2)cc1. The van der Waals surface area contributed by atoms with Crippen LogP contribution >= 0.6 is 0 Å². The zero-order chi connectivity index (χ0) is 15.5. The summed E-state index contributed by atoms with van der Waals surface area (Å²) in [5, 5.41) is 9.01. The first kappa shape index (κ1) is 14.2. The fourth-order valence-corrected chi connectivity index (χ4v) is 2.57. The van der Waals surface area contributed by atoms with Gasteiger partial charge in [0.2, 0.25) is 0 Å². The maximum atomic E-state index is 9.01. The lowest BCUT2D eigenvalue weighted by atomic mass is 9.93. The van der Waals surface area contributed by atoms with Crippen molar-refractivity contribution in [1.82, 2.24) is 0 Å². The fraction of sp³-hybridized carbons (Fsp3) is 0.0500. The first-order valence-corrected chi connectivity index (χ1v) is 7.35. The van der Waals surface area contributed by atoms with Gasteiger partial charge in [-0.3, -0.25) is 0 Å². The predicted molar refractivity (Wildman–Crippen MR) is 94.9 cm³/mol. The zero-order valence-electron chi connectivity index (χ0n) is 12.8. The number of hydrogen-bond donors (Lipinski definition) is 0. The lowest BCUT2D eigenvalue weighted by Crippen LogP contribution is -1.99. The monoisotopic (exact) mass is 281 g/mol. The summed E-state index contributed by atoms with van der Waals surface area (Å²) in [7, 11) is 2.10. The molecule has 2 heteroatoms. The van der Waals surface area contributed by atoms with Gasteiger partial charge in [-0.05, 0) is 40.8 Å². The minimum atomic E-state index is 0.736. The highest BCUT2D eigenvalue weighted by atomic mass is 14.2. The van der Waals surface area contributed by atoms with Crippen LogP contribution in [0.3, 0.4) is 0 Å². The summed E-state index contributed by atoms with van der Waals surface area (Å²) in [5.74, 6) is 0. The standard InChI is InChI=1S/C20H16BN/c1-14-12-18(6-7-19(14)13-22)17-4-2-15(3-5-17)16-8-10-20(21)11-9-16/h2-12H,21H2,1H3. The van der Waals surface area contributed by atoms with E-state index in [1.807, 2.05) is 19.1 Å². The maximum absolute atomic E-state index is 9.01. The van der Waals surface area contributed by atoms with E-state index in [4.69, 9.17) is 5.26 Å². The summed E-state index contributed by atoms with van der Waals surface area (Å²) >= 11 is 0. The van der Waals surface area contributed by atoms with Gasteiger partial charge in [-0.2, -0.15) is 5.26 Å². The molecular formula is C20H16BN. The lowest BCUT2D eigenvalue weighted by Gasteiger charge is -2.07. The summed E-state index contributed by atoms with van der Waals surface area (Å²) < 4.78 is 0. The van der Waals surface area contributed by atoms with Crippen molar-refractivity contribution in [3.8, 4) is 28.3 Å². The molecular weight excluding hydrogens is 265 g/mol. The molecule has 0 bridgehead atoms. The van der Waals surface area contributed by atoms with Crippen molar-refractivity contribution in [3.63, 3.8) is 0 Å². The molecule has 0 aliphatic rings. The van der Waals surface area contributed by atoms with Crippen LogP contribution in [0.25, 0.3) is 22.3 Å². The van der Waals surface area contributed by atoms with Gasteiger partial charge in [0, 0.05) is 0 Å². The average molecular weight is 281 g/mol. The van der Waals surface area contributed by atoms with Crippen molar-refractivity contribution >= 4 is 13.3 Å². The molecule has 1 nitrogen and oxygen atoms in total. The molecule has 0 aromatic heterocycles. The van der Waals surface area contributed by atoms with Crippen LogP contribution in [0.1, 0.15) is 11.1 Å². The summed E-state index contributed by atoms with van der Waals surface area (Å²) in [5.41, 5.74) is 7.79. The highest BCUT2D eigenvalue weighted by Crippen LogP contribution is 2.26. The van der Waals surface area contributed by atoms with Gasteiger partial charge >= 0.3 is 0 Å². The Hall–Kier alpha value is -2.79. The number of nitriles is 1. The van der Waals surface area contributed by atoms with Crippen molar-refractivity contribution in [2.75, 3.05) is 0 Å². The molecule has 3 aromatic carbocycles. The van der Waals surface area contributed by atoms with Crippen LogP contribution < -0.4 is 5.46 Å². The maximum Gasteiger partial charge on any atom is 0.139 e. The van der Waals surface area contributed by atoms with Gasteiger partial charge in [0.25, 0.3) is 0 Å². The van der Waals surface area contributed by atoms with Crippen LogP contribution in [0.5, 0.6) is 0 Å². The second-order valence-electron chi connectivity index (χ2n) is 5.58. The molecule has 0 saturated carbocycles. The van der Waals surface area contributed by atoms with Gasteiger partial charge in [-0.15, -0.1) is 0 Å². The molecule has 0 fully saturated rings. The zero-order valence-corrected chi connectivity index (χ0v) is 12.8. The lowest BCUT2D eigenvalue weighted by molar-refractivity contribution is 1.39. The normalized spacial score (nSPS) is 10.2. The molecule has 0 aliphatic heterocycles. The molecule has 0 radical (unpaired) electrons. The largest absolute Gasteiger partial charge is 0.192 e. The first-order chi connectivity index (χ1) is 10.7. The highest BCUT2D eigenvalue weighted by Gasteiger charge is 2.03. The van der Waals surface area contributed by atoms with Crippen LogP contribution in [0.2, 0.25) is 0 Å². The van der Waals surface area contributed by atoms with Crippen molar-refractivity contribution in [2.24, 2.45) is 0 Å². The Balaban J connectivity index is 1.93. The smallest absolute Gasteiger partial charge is 0.139 e. The van der Waals surface area contributed by atoms with Gasteiger partial charge in [0.15, 0.2) is 0 Å². The summed E-state index contributed by atoms with van der Waals surface area (Å²) in [4.78, 5) is 0. The molecule has 0 heterocycles. The van der Waals surface area contributed by atoms with Crippen LogP contribution in [-0.4, -0.2) is 7.85 Å². The van der Waals surface area contributed by atoms with E-state index < -0.39 is 0 Å². The molecule has 3 rings (SSSR count). The van der Waals surface area contributed by atoms with Crippen LogP contribution in [0.15, 0.2) is 66.7 Å². The summed E-state index contributed by atoms with van der Waals surface area (Å²) in [6.45, 7) is 1.97. The number of nitrogens with zero attached hydrogens (tertiary/aromatic N) is 1. The van der Waals surface area contributed by atoms with E-state index in [-0.39, 0.29) is 0 Å². The van der Waals surface area contributed by atoms with E-state index in [0.29, 0.717) is 0 Å². The minimum Gasteiger partial charge on any atom is -0.192 e. The van der Waals surface area contributed by atoms with E-state index in [2.05, 4.69) is 68.5 Å². The molecule has 0 spiro atoms. The number of aryl methyl sites for hydroxylation is 1. The van der Waals surface area contributed by atoms with E-state index in [1.165, 1.54) is 22.2 Å². The third-order valence-corrected chi connectivity index (χ3v) is 3.95. The first-order valence-electron chi connectivity index (χ1n) is 7.35. The van der Waals surface area contributed by atoms with Gasteiger partial charge in [-0.1, -0.05) is 66.1 Å². The van der Waals surface area contributed by atoms with Gasteiger partial charge in [0.1, 0.15) is 7.85 Å². The van der Waals surface area contributed by atoms with Crippen molar-refractivity contribution in [3.05, 3.63) is 77.9 Å². The Kier molecular flexibility index (Phi) is 3.81. The number of benzene rings is 3. The number of hydrogen-bond acceptors (Lipinski definition) is 1. The number of rotatable bonds is 2. The molecule has 0 atom stereocenters. The van der Waals surface area contributed by atoms with Crippen molar-refractivity contribution in [2.45, 2.75) is 6.92 Å². The molecule has 3 aromatic rings. The van der Waals surface area contributed by atoms with Crippen LogP contribution in [0.4, 0.5) is 0 Å². The molecule has 104 valence electrons. The van der Waals surface area contributed by atoms with Crippen LogP contribution in [0, 0.1) is 18.3 Å². The highest BCUT2D eigenvalue weighted by molar-refractivity contribution is 6.32. The minimum absolute atomic E-state index is 0.736. The van der Waals surface area contributed by atoms with Crippen molar-refractivity contribution in [1.29, 1.82) is 5.26 Å². The van der Waals surface area contributed by atoms with Gasteiger partial charge < -0.3 is 0 Å². The van der Waals surface area contributed by atoms with E-state index >= 15 is 0 Å². The van der Waals surface area contributed by atoms with Crippen molar-refractivity contribution < 1.29 is 0 Å². The molecule has 0 N–H and O–H groups in total. The Bertz CT molecular complexity index is 840. The Morgan fingerprint density at radius 3 is 1.68 bits per heavy atom. The Morgan fingerprint density at radius 1 is 0.727 bits per heavy atom. The molecule has 0 amide bonds. The molecule has 0 unspecified atom stereocenters. The quantitative estimate of drug-likeness (QED) is 0.660. The van der Waals surface area contributed by atoms with Gasteiger partial charge in [0.05, 0.1) is 11.6 Å². The van der Waals surface area contributed by atoms with E-state index in [9.17, 15) is 0 Å². The van der Waals surface area contributed by atoms with Crippen LogP contribution in [-0.2, 0) is 0 Å². The average Bonchev–Trinajstić information content (AvgIpc) is 2.56. The van der Waals surface area contributed by atoms with E-state index in [1.54, 1.807) is 0 Å². The predicted octanol–water partition coefficient (Wildman–Crippen LogP) is 3.46. The third-order valence-electron chi connectivity index (χ3n) is 3.95.